The molecule has 2 aromatic rings. The van der Waals surface area contributed by atoms with Crippen LogP contribution in [0.3, 0.4) is 0 Å². The van der Waals surface area contributed by atoms with Crippen LogP contribution in [-0.4, -0.2) is 19.5 Å². The molecule has 0 aliphatic rings. The highest BCUT2D eigenvalue weighted by Crippen LogP contribution is 2.24. The van der Waals surface area contributed by atoms with Crippen molar-refractivity contribution in [2.24, 2.45) is 0 Å². The molecule has 100 valence electrons. The number of carboxylic acid groups (broad SMARTS) is 1. The number of sulfonamides is 1. The summed E-state index contributed by atoms with van der Waals surface area (Å²) in [6.45, 7) is 0. The Labute approximate surface area is 118 Å². The summed E-state index contributed by atoms with van der Waals surface area (Å²) in [6.07, 6.45) is 0. The largest absolute Gasteiger partial charge is 0.478 e. The number of thiophene rings is 1. The zero-order valence-corrected chi connectivity index (χ0v) is 11.7. The number of nitrogens with one attached hydrogen (secondary N) is 1. The lowest BCUT2D eigenvalue weighted by atomic mass is 10.2. The first kappa shape index (κ1) is 13.9. The third-order valence-electron chi connectivity index (χ3n) is 2.16. The highest BCUT2D eigenvalue weighted by Gasteiger charge is 2.16. The molecule has 1 aromatic carbocycles. The van der Waals surface area contributed by atoms with Crippen molar-refractivity contribution >= 4 is 44.6 Å². The Morgan fingerprint density at radius 2 is 2.05 bits per heavy atom. The van der Waals surface area contributed by atoms with Crippen molar-refractivity contribution in [1.29, 1.82) is 0 Å². The van der Waals surface area contributed by atoms with E-state index in [4.69, 9.17) is 16.7 Å². The van der Waals surface area contributed by atoms with E-state index in [2.05, 4.69) is 4.72 Å². The Hall–Kier alpha value is -1.57. The van der Waals surface area contributed by atoms with Gasteiger partial charge in [0.1, 0.15) is 4.21 Å². The van der Waals surface area contributed by atoms with Crippen LogP contribution in [0, 0.1) is 0 Å². The highest BCUT2D eigenvalue weighted by molar-refractivity contribution is 7.94. The minimum Gasteiger partial charge on any atom is -0.478 e. The fourth-order valence-corrected chi connectivity index (χ4v) is 3.66. The van der Waals surface area contributed by atoms with E-state index < -0.39 is 16.0 Å². The van der Waals surface area contributed by atoms with Gasteiger partial charge in [-0.05, 0) is 29.6 Å². The molecule has 0 aliphatic heterocycles. The molecule has 19 heavy (non-hydrogen) atoms. The van der Waals surface area contributed by atoms with Gasteiger partial charge in [-0.15, -0.1) is 11.3 Å². The van der Waals surface area contributed by atoms with Gasteiger partial charge in [-0.25, -0.2) is 13.2 Å². The molecule has 0 saturated heterocycles. The van der Waals surface area contributed by atoms with E-state index in [-0.39, 0.29) is 20.5 Å². The van der Waals surface area contributed by atoms with Gasteiger partial charge in [0.05, 0.1) is 11.3 Å². The molecule has 0 bridgehead atoms. The minimum atomic E-state index is -3.71. The number of rotatable bonds is 4. The molecule has 0 spiro atoms. The van der Waals surface area contributed by atoms with Crippen molar-refractivity contribution in [3.05, 3.63) is 46.3 Å². The minimum absolute atomic E-state index is 0.0867. The Morgan fingerprint density at radius 1 is 1.32 bits per heavy atom. The molecule has 0 fully saturated rings. The van der Waals surface area contributed by atoms with Crippen LogP contribution in [0.5, 0.6) is 0 Å². The summed E-state index contributed by atoms with van der Waals surface area (Å²) in [5.41, 5.74) is 0.0229. The van der Waals surface area contributed by atoms with E-state index in [1.54, 1.807) is 11.4 Å². The number of carboxylic acids is 1. The number of hydrogen-bond donors (Lipinski definition) is 2. The van der Waals surface area contributed by atoms with E-state index in [0.29, 0.717) is 0 Å². The lowest BCUT2D eigenvalue weighted by Crippen LogP contribution is -2.12. The van der Waals surface area contributed by atoms with Gasteiger partial charge in [-0.2, -0.15) is 0 Å². The van der Waals surface area contributed by atoms with Crippen LogP contribution in [0.1, 0.15) is 10.4 Å². The van der Waals surface area contributed by atoms with Crippen molar-refractivity contribution in [1.82, 2.24) is 0 Å². The van der Waals surface area contributed by atoms with Gasteiger partial charge in [-0.1, -0.05) is 17.7 Å². The molecule has 0 atom stereocenters. The maximum absolute atomic E-state index is 12.0. The van der Waals surface area contributed by atoms with Gasteiger partial charge in [0, 0.05) is 5.02 Å². The standard InChI is InChI=1S/C11H8ClNO4S2/c12-8-4-7(11(14)15)5-9(6-8)13-19(16,17)10-2-1-3-18-10/h1-6,13H,(H,14,15). The van der Waals surface area contributed by atoms with Crippen molar-refractivity contribution in [3.63, 3.8) is 0 Å². The number of benzene rings is 1. The topological polar surface area (TPSA) is 83.5 Å². The average molecular weight is 318 g/mol. The first-order valence-electron chi connectivity index (χ1n) is 4.99. The summed E-state index contributed by atoms with van der Waals surface area (Å²) in [4.78, 5) is 10.9. The first-order chi connectivity index (χ1) is 8.88. The van der Waals surface area contributed by atoms with Crippen molar-refractivity contribution in [2.75, 3.05) is 4.72 Å². The maximum atomic E-state index is 12.0. The maximum Gasteiger partial charge on any atom is 0.335 e. The zero-order chi connectivity index (χ0) is 14.0. The number of hydrogen-bond acceptors (Lipinski definition) is 4. The third kappa shape index (κ3) is 3.25. The molecule has 0 saturated carbocycles. The second-order valence-corrected chi connectivity index (χ2v) is 6.86. The summed E-state index contributed by atoms with van der Waals surface area (Å²) in [5, 5.41) is 10.7. The molecule has 1 heterocycles. The summed E-state index contributed by atoms with van der Waals surface area (Å²) in [5.74, 6) is -1.18. The third-order valence-corrected chi connectivity index (χ3v) is 5.15. The van der Waals surface area contributed by atoms with E-state index in [9.17, 15) is 13.2 Å². The molecule has 1 aromatic heterocycles. The van der Waals surface area contributed by atoms with Crippen LogP contribution in [0.4, 0.5) is 5.69 Å². The number of halogens is 1. The lowest BCUT2D eigenvalue weighted by Gasteiger charge is -2.07. The molecule has 0 amide bonds. The van der Waals surface area contributed by atoms with Crippen LogP contribution in [0.15, 0.2) is 39.9 Å². The zero-order valence-electron chi connectivity index (χ0n) is 9.33. The Morgan fingerprint density at radius 3 is 2.63 bits per heavy atom. The molecular weight excluding hydrogens is 310 g/mol. The van der Waals surface area contributed by atoms with E-state index in [1.807, 2.05) is 0 Å². The van der Waals surface area contributed by atoms with Crippen LogP contribution < -0.4 is 4.72 Å². The highest BCUT2D eigenvalue weighted by atomic mass is 35.5. The number of carbonyl (C=O) groups is 1. The molecule has 8 heteroatoms. The van der Waals surface area contributed by atoms with Crippen LogP contribution in [0.2, 0.25) is 5.02 Å². The second-order valence-electron chi connectivity index (χ2n) is 3.57. The summed E-state index contributed by atoms with van der Waals surface area (Å²) >= 11 is 6.82. The molecular formula is C11H8ClNO4S2. The van der Waals surface area contributed by atoms with Gasteiger partial charge in [0.15, 0.2) is 0 Å². The van der Waals surface area contributed by atoms with Crippen molar-refractivity contribution < 1.29 is 18.3 Å². The quantitative estimate of drug-likeness (QED) is 0.908. The summed E-state index contributed by atoms with van der Waals surface area (Å²) in [6, 6.07) is 6.86. The first-order valence-corrected chi connectivity index (χ1v) is 7.73. The summed E-state index contributed by atoms with van der Waals surface area (Å²) in [7, 11) is -3.71. The van der Waals surface area contributed by atoms with E-state index >= 15 is 0 Å². The van der Waals surface area contributed by atoms with Crippen molar-refractivity contribution in [2.45, 2.75) is 4.21 Å². The average Bonchev–Trinajstić information content (AvgIpc) is 2.81. The SMILES string of the molecule is O=C(O)c1cc(Cl)cc(NS(=O)(=O)c2cccs2)c1. The molecule has 5 nitrogen and oxygen atoms in total. The van der Waals surface area contributed by atoms with Gasteiger partial charge < -0.3 is 5.11 Å². The van der Waals surface area contributed by atoms with E-state index in [1.165, 1.54) is 24.3 Å². The summed E-state index contributed by atoms with van der Waals surface area (Å²) < 4.78 is 26.4. The Balaban J connectivity index is 2.37. The fraction of sp³-hybridized carbons (Fsp3) is 0. The smallest absolute Gasteiger partial charge is 0.335 e. The Kier molecular flexibility index (Phi) is 3.79. The van der Waals surface area contributed by atoms with Gasteiger partial charge >= 0.3 is 5.97 Å². The molecule has 0 aliphatic carbocycles. The lowest BCUT2D eigenvalue weighted by molar-refractivity contribution is 0.0697. The molecule has 2 N–H and O–H groups in total. The monoisotopic (exact) mass is 317 g/mol. The molecule has 0 radical (unpaired) electrons. The Bertz CT molecular complexity index is 710. The number of anilines is 1. The normalized spacial score (nSPS) is 11.2. The van der Waals surface area contributed by atoms with Crippen LogP contribution in [-0.2, 0) is 10.0 Å². The second kappa shape index (κ2) is 5.20. The molecule has 0 unspecified atom stereocenters. The van der Waals surface area contributed by atoms with E-state index in [0.717, 1.165) is 11.3 Å². The predicted molar refractivity (Wildman–Crippen MR) is 73.5 cm³/mol. The van der Waals surface area contributed by atoms with Gasteiger partial charge in [0.25, 0.3) is 10.0 Å². The predicted octanol–water partition coefficient (Wildman–Crippen LogP) is 2.90. The number of aromatic carboxylic acids is 1. The fourth-order valence-electron chi connectivity index (χ4n) is 1.39. The van der Waals surface area contributed by atoms with Crippen LogP contribution in [0.25, 0.3) is 0 Å². The van der Waals surface area contributed by atoms with Crippen LogP contribution >= 0.6 is 22.9 Å². The van der Waals surface area contributed by atoms with Gasteiger partial charge in [-0.3, -0.25) is 4.72 Å². The van der Waals surface area contributed by atoms with Crippen molar-refractivity contribution in [3.8, 4) is 0 Å². The molecule has 2 rings (SSSR count). The van der Waals surface area contributed by atoms with Gasteiger partial charge in [0.2, 0.25) is 0 Å².